The molecule has 0 amide bonds. The van der Waals surface area contributed by atoms with Crippen molar-refractivity contribution in [2.24, 2.45) is 0 Å². The lowest BCUT2D eigenvalue weighted by atomic mass is 10.1. The largest absolute Gasteiger partial charge is 0.493 e. The number of rotatable bonds is 9. The minimum absolute atomic E-state index is 0.477. The average Bonchev–Trinajstić information content (AvgIpc) is 3.13. The SMILES string of the molecule is CCCn1nnnc1NCc1cc(Br)c(OCc2ccccc2C)c(OC)c1. The zero-order valence-electron chi connectivity index (χ0n) is 16.3. The first-order valence-electron chi connectivity index (χ1n) is 9.16. The van der Waals surface area contributed by atoms with E-state index in [1.54, 1.807) is 11.8 Å². The molecule has 0 aliphatic rings. The Bertz CT molecular complexity index is 929. The molecule has 0 saturated carbocycles. The number of nitrogens with one attached hydrogen (secondary N) is 1. The Labute approximate surface area is 173 Å². The number of halogens is 1. The number of ether oxygens (including phenoxy) is 2. The molecule has 8 heteroatoms. The Balaban J connectivity index is 1.72. The Morgan fingerprint density at radius 3 is 2.79 bits per heavy atom. The zero-order valence-corrected chi connectivity index (χ0v) is 17.9. The summed E-state index contributed by atoms with van der Waals surface area (Å²) >= 11 is 3.61. The van der Waals surface area contributed by atoms with Crippen molar-refractivity contribution in [3.8, 4) is 11.5 Å². The van der Waals surface area contributed by atoms with Crippen LogP contribution in [0.25, 0.3) is 0 Å². The number of benzene rings is 2. The van der Waals surface area contributed by atoms with Gasteiger partial charge in [-0.2, -0.15) is 0 Å². The summed E-state index contributed by atoms with van der Waals surface area (Å²) < 4.78 is 14.2. The fourth-order valence-electron chi connectivity index (χ4n) is 2.81. The van der Waals surface area contributed by atoms with Crippen LogP contribution in [0, 0.1) is 6.92 Å². The second-order valence-corrected chi connectivity index (χ2v) is 7.26. The highest BCUT2D eigenvalue weighted by Crippen LogP contribution is 2.37. The molecule has 28 heavy (non-hydrogen) atoms. The molecule has 0 aliphatic heterocycles. The van der Waals surface area contributed by atoms with Gasteiger partial charge in [-0.05, 0) is 68.5 Å². The Kier molecular flexibility index (Phi) is 6.86. The third kappa shape index (κ3) is 4.81. The molecule has 0 saturated heterocycles. The van der Waals surface area contributed by atoms with E-state index in [9.17, 15) is 0 Å². The Morgan fingerprint density at radius 1 is 1.21 bits per heavy atom. The number of hydrogen-bond acceptors (Lipinski definition) is 6. The van der Waals surface area contributed by atoms with Crippen molar-refractivity contribution < 1.29 is 9.47 Å². The van der Waals surface area contributed by atoms with E-state index in [0.717, 1.165) is 28.6 Å². The van der Waals surface area contributed by atoms with Gasteiger partial charge in [0.05, 0.1) is 11.6 Å². The minimum Gasteiger partial charge on any atom is -0.493 e. The van der Waals surface area contributed by atoms with Crippen LogP contribution in [0.15, 0.2) is 40.9 Å². The van der Waals surface area contributed by atoms with Gasteiger partial charge in [-0.1, -0.05) is 36.3 Å². The van der Waals surface area contributed by atoms with E-state index in [-0.39, 0.29) is 0 Å². The third-order valence-electron chi connectivity index (χ3n) is 4.34. The van der Waals surface area contributed by atoms with Crippen molar-refractivity contribution in [1.29, 1.82) is 0 Å². The first kappa shape index (κ1) is 20.1. The van der Waals surface area contributed by atoms with E-state index in [2.05, 4.69) is 62.8 Å². The lowest BCUT2D eigenvalue weighted by Gasteiger charge is -2.15. The predicted molar refractivity (Wildman–Crippen MR) is 112 cm³/mol. The van der Waals surface area contributed by atoms with Gasteiger partial charge in [0.1, 0.15) is 6.61 Å². The van der Waals surface area contributed by atoms with E-state index in [4.69, 9.17) is 9.47 Å². The molecule has 0 atom stereocenters. The van der Waals surface area contributed by atoms with Gasteiger partial charge < -0.3 is 14.8 Å². The maximum absolute atomic E-state index is 6.05. The smallest absolute Gasteiger partial charge is 0.243 e. The van der Waals surface area contributed by atoms with Gasteiger partial charge in [0.15, 0.2) is 11.5 Å². The second-order valence-electron chi connectivity index (χ2n) is 6.40. The summed E-state index contributed by atoms with van der Waals surface area (Å²) in [6.45, 7) is 5.98. The monoisotopic (exact) mass is 445 g/mol. The maximum atomic E-state index is 6.05. The molecule has 3 aromatic rings. The highest BCUT2D eigenvalue weighted by Gasteiger charge is 2.13. The van der Waals surface area contributed by atoms with Crippen LogP contribution in [0.5, 0.6) is 11.5 Å². The number of tetrazole rings is 1. The van der Waals surface area contributed by atoms with Crippen LogP contribution in [0.4, 0.5) is 5.95 Å². The standard InChI is InChI=1S/C20H24BrN5O2/c1-4-9-26-20(23-24-25-26)22-12-15-10-17(21)19(18(11-15)27-3)28-13-16-8-6-5-7-14(16)2/h5-8,10-11H,4,9,12-13H2,1-3H3,(H,22,23,25). The van der Waals surface area contributed by atoms with Crippen LogP contribution in [0.2, 0.25) is 0 Å². The summed E-state index contributed by atoms with van der Waals surface area (Å²) in [4.78, 5) is 0. The van der Waals surface area contributed by atoms with Gasteiger partial charge >= 0.3 is 0 Å². The molecule has 3 rings (SSSR count). The molecule has 7 nitrogen and oxygen atoms in total. The number of anilines is 1. The number of aromatic nitrogens is 4. The predicted octanol–water partition coefficient (Wildman–Crippen LogP) is 4.35. The average molecular weight is 446 g/mol. The first-order chi connectivity index (χ1) is 13.6. The van der Waals surface area contributed by atoms with Crippen molar-refractivity contribution in [2.45, 2.75) is 40.0 Å². The van der Waals surface area contributed by atoms with Crippen LogP contribution >= 0.6 is 15.9 Å². The molecule has 0 aliphatic carbocycles. The topological polar surface area (TPSA) is 74.1 Å². The van der Waals surface area contributed by atoms with Crippen LogP contribution in [-0.4, -0.2) is 27.3 Å². The molecular weight excluding hydrogens is 422 g/mol. The normalized spacial score (nSPS) is 10.7. The first-order valence-corrected chi connectivity index (χ1v) is 9.95. The van der Waals surface area contributed by atoms with E-state index in [1.807, 2.05) is 24.3 Å². The zero-order chi connectivity index (χ0) is 19.9. The third-order valence-corrected chi connectivity index (χ3v) is 4.93. The molecule has 0 unspecified atom stereocenters. The summed E-state index contributed by atoms with van der Waals surface area (Å²) in [5.74, 6) is 2.01. The van der Waals surface area contributed by atoms with E-state index < -0.39 is 0 Å². The molecule has 148 valence electrons. The van der Waals surface area contributed by atoms with Crippen molar-refractivity contribution in [3.05, 3.63) is 57.6 Å². The Morgan fingerprint density at radius 2 is 2.04 bits per heavy atom. The van der Waals surface area contributed by atoms with Crippen molar-refractivity contribution in [3.63, 3.8) is 0 Å². The highest BCUT2D eigenvalue weighted by atomic mass is 79.9. The van der Waals surface area contributed by atoms with Gasteiger partial charge in [0.25, 0.3) is 0 Å². The summed E-state index contributed by atoms with van der Waals surface area (Å²) in [6, 6.07) is 12.1. The molecule has 2 aromatic carbocycles. The molecule has 0 fully saturated rings. The molecule has 1 heterocycles. The quantitative estimate of drug-likeness (QED) is 0.527. The second kappa shape index (κ2) is 9.54. The molecule has 1 aromatic heterocycles. The Hall–Kier alpha value is -2.61. The summed E-state index contributed by atoms with van der Waals surface area (Å²) in [7, 11) is 1.64. The van der Waals surface area contributed by atoms with E-state index in [0.29, 0.717) is 30.6 Å². The van der Waals surface area contributed by atoms with Gasteiger partial charge in [-0.15, -0.1) is 0 Å². The number of hydrogen-bond donors (Lipinski definition) is 1. The van der Waals surface area contributed by atoms with Gasteiger partial charge in [0, 0.05) is 13.1 Å². The van der Waals surface area contributed by atoms with Crippen LogP contribution in [-0.2, 0) is 19.7 Å². The van der Waals surface area contributed by atoms with Gasteiger partial charge in [0.2, 0.25) is 5.95 Å². The van der Waals surface area contributed by atoms with Crippen molar-refractivity contribution in [1.82, 2.24) is 20.2 Å². The van der Waals surface area contributed by atoms with E-state index >= 15 is 0 Å². The molecule has 0 radical (unpaired) electrons. The van der Waals surface area contributed by atoms with Crippen molar-refractivity contribution in [2.75, 3.05) is 12.4 Å². The lowest BCUT2D eigenvalue weighted by Crippen LogP contribution is -2.09. The molecule has 1 N–H and O–H groups in total. The van der Waals surface area contributed by atoms with E-state index in [1.165, 1.54) is 5.56 Å². The number of nitrogens with zero attached hydrogens (tertiary/aromatic N) is 4. The fourth-order valence-corrected chi connectivity index (χ4v) is 3.42. The maximum Gasteiger partial charge on any atom is 0.243 e. The van der Waals surface area contributed by atoms with Crippen molar-refractivity contribution >= 4 is 21.9 Å². The number of methoxy groups -OCH3 is 1. The molecular formula is C20H24BrN5O2. The summed E-state index contributed by atoms with van der Waals surface area (Å²) in [6.07, 6.45) is 0.964. The van der Waals surface area contributed by atoms with Gasteiger partial charge in [-0.3, -0.25) is 0 Å². The van der Waals surface area contributed by atoms with Crippen LogP contribution < -0.4 is 14.8 Å². The fraction of sp³-hybridized carbons (Fsp3) is 0.350. The minimum atomic E-state index is 0.477. The summed E-state index contributed by atoms with van der Waals surface area (Å²) in [5, 5.41) is 15.0. The highest BCUT2D eigenvalue weighted by molar-refractivity contribution is 9.10. The summed E-state index contributed by atoms with van der Waals surface area (Å²) in [5.41, 5.74) is 3.37. The molecule has 0 bridgehead atoms. The van der Waals surface area contributed by atoms with Crippen LogP contribution in [0.3, 0.4) is 0 Å². The molecule has 0 spiro atoms. The number of aryl methyl sites for hydroxylation is 2. The van der Waals surface area contributed by atoms with Crippen LogP contribution in [0.1, 0.15) is 30.0 Å². The lowest BCUT2D eigenvalue weighted by molar-refractivity contribution is 0.282. The van der Waals surface area contributed by atoms with Gasteiger partial charge in [-0.25, -0.2) is 4.68 Å².